The normalized spacial score (nSPS) is 27.0. The molecule has 5 aromatic carbocycles. The maximum atomic E-state index is 15.4. The van der Waals surface area contributed by atoms with Gasteiger partial charge >= 0.3 is 0 Å². The molecule has 6 unspecified atom stereocenters. The Labute approximate surface area is 303 Å². The topological polar surface area (TPSA) is 95.0 Å². The first-order chi connectivity index (χ1) is 24.7. The van der Waals surface area contributed by atoms with Gasteiger partial charge in [-0.2, -0.15) is 0 Å². The SMILES string of the molecule is O=C1C2CC=C3C(CC4C(=O)N(c5cccc(Cl)c5)C(=O)C4(c4ccccc4)C3c3ccc4ccccc4c3O)C2C(=O)N1c1ccc(Cl)cc1. The van der Waals surface area contributed by atoms with E-state index in [0.29, 0.717) is 37.9 Å². The van der Waals surface area contributed by atoms with Crippen molar-refractivity contribution >= 4 is 69.0 Å². The second-order valence-corrected chi connectivity index (χ2v) is 14.7. The van der Waals surface area contributed by atoms with Crippen LogP contribution in [0.15, 0.2) is 127 Å². The van der Waals surface area contributed by atoms with Crippen LogP contribution < -0.4 is 9.80 Å². The number of allylic oxidation sites excluding steroid dienone is 2. The van der Waals surface area contributed by atoms with E-state index in [1.54, 1.807) is 48.5 Å². The maximum Gasteiger partial charge on any atom is 0.246 e. The molecule has 3 fully saturated rings. The van der Waals surface area contributed by atoms with E-state index in [2.05, 4.69) is 0 Å². The van der Waals surface area contributed by atoms with Crippen molar-refractivity contribution in [3.63, 3.8) is 0 Å². The average molecular weight is 714 g/mol. The molecule has 2 saturated heterocycles. The van der Waals surface area contributed by atoms with E-state index < -0.39 is 46.8 Å². The number of rotatable bonds is 4. The quantitative estimate of drug-likeness (QED) is 0.150. The second-order valence-electron chi connectivity index (χ2n) is 13.8. The highest BCUT2D eigenvalue weighted by Crippen LogP contribution is 2.65. The Morgan fingerprint density at radius 2 is 1.41 bits per heavy atom. The van der Waals surface area contributed by atoms with Crippen molar-refractivity contribution in [2.45, 2.75) is 24.2 Å². The molecular formula is C42H30Cl2N2O5. The molecule has 0 spiro atoms. The van der Waals surface area contributed by atoms with Crippen LogP contribution in [0.2, 0.25) is 10.0 Å². The van der Waals surface area contributed by atoms with E-state index in [0.717, 1.165) is 11.0 Å². The third kappa shape index (κ3) is 4.44. The summed E-state index contributed by atoms with van der Waals surface area (Å²) in [6, 6.07) is 33.8. The number of hydrogen-bond acceptors (Lipinski definition) is 5. The van der Waals surface area contributed by atoms with Crippen LogP contribution in [0, 0.1) is 23.7 Å². The molecule has 0 bridgehead atoms. The minimum atomic E-state index is -1.49. The molecule has 4 aliphatic rings. The number of phenolic OH excluding ortho intramolecular Hbond substituents is 1. The predicted molar refractivity (Wildman–Crippen MR) is 196 cm³/mol. The molecule has 51 heavy (non-hydrogen) atoms. The van der Waals surface area contributed by atoms with Gasteiger partial charge in [-0.25, -0.2) is 4.90 Å². The number of nitrogens with zero attached hydrogens (tertiary/aromatic N) is 2. The van der Waals surface area contributed by atoms with Gasteiger partial charge < -0.3 is 5.11 Å². The van der Waals surface area contributed by atoms with Crippen LogP contribution in [0.4, 0.5) is 11.4 Å². The zero-order chi connectivity index (χ0) is 35.2. The first kappa shape index (κ1) is 31.7. The Balaban J connectivity index is 1.29. The molecule has 1 N–H and O–H groups in total. The number of amides is 4. The van der Waals surface area contributed by atoms with Crippen LogP contribution in [0.25, 0.3) is 10.8 Å². The van der Waals surface area contributed by atoms with Crippen molar-refractivity contribution in [1.82, 2.24) is 0 Å². The molecule has 9 rings (SSSR count). The van der Waals surface area contributed by atoms with Gasteiger partial charge in [0.1, 0.15) is 5.75 Å². The summed E-state index contributed by atoms with van der Waals surface area (Å²) in [6.07, 6.45) is 2.41. The van der Waals surface area contributed by atoms with E-state index in [1.165, 1.54) is 9.80 Å². The van der Waals surface area contributed by atoms with E-state index in [4.69, 9.17) is 23.2 Å². The van der Waals surface area contributed by atoms with Crippen LogP contribution in [-0.4, -0.2) is 28.7 Å². The number of carbonyl (C=O) groups excluding carboxylic acids is 4. The third-order valence-electron chi connectivity index (χ3n) is 11.5. The van der Waals surface area contributed by atoms with Crippen molar-refractivity contribution in [2.75, 3.05) is 9.80 Å². The Morgan fingerprint density at radius 3 is 2.18 bits per heavy atom. The smallest absolute Gasteiger partial charge is 0.246 e. The van der Waals surface area contributed by atoms with E-state index in [9.17, 15) is 19.5 Å². The van der Waals surface area contributed by atoms with Gasteiger partial charge in [-0.15, -0.1) is 0 Å². The highest BCUT2D eigenvalue weighted by Gasteiger charge is 2.70. The lowest BCUT2D eigenvalue weighted by atomic mass is 9.49. The Kier molecular flexibility index (Phi) is 7.25. The number of benzene rings is 5. The number of fused-ring (bicyclic) bond motifs is 5. The Morgan fingerprint density at radius 1 is 0.667 bits per heavy atom. The van der Waals surface area contributed by atoms with Crippen molar-refractivity contribution in [3.05, 3.63) is 148 Å². The molecule has 5 aromatic rings. The summed E-state index contributed by atoms with van der Waals surface area (Å²) in [6.45, 7) is 0. The van der Waals surface area contributed by atoms with Crippen molar-refractivity contribution in [1.29, 1.82) is 0 Å². The lowest BCUT2D eigenvalue weighted by molar-refractivity contribution is -0.127. The Bertz CT molecular complexity index is 2340. The summed E-state index contributed by atoms with van der Waals surface area (Å²) in [4.78, 5) is 61.4. The number of anilines is 2. The van der Waals surface area contributed by atoms with Crippen molar-refractivity contribution in [2.24, 2.45) is 23.7 Å². The number of imide groups is 2. The zero-order valence-electron chi connectivity index (χ0n) is 27.1. The van der Waals surface area contributed by atoms with Crippen molar-refractivity contribution < 1.29 is 24.3 Å². The summed E-state index contributed by atoms with van der Waals surface area (Å²) in [5.74, 6) is -5.24. The van der Waals surface area contributed by atoms with Gasteiger partial charge in [0.05, 0.1) is 34.5 Å². The number of carbonyl (C=O) groups is 4. The van der Waals surface area contributed by atoms with Gasteiger partial charge in [-0.05, 0) is 72.2 Å². The molecule has 0 radical (unpaired) electrons. The second kappa shape index (κ2) is 11.7. The highest BCUT2D eigenvalue weighted by atomic mass is 35.5. The van der Waals surface area contributed by atoms with Crippen molar-refractivity contribution in [3.8, 4) is 5.75 Å². The van der Waals surface area contributed by atoms with Crippen LogP contribution >= 0.6 is 23.2 Å². The minimum absolute atomic E-state index is 0.00824. The monoisotopic (exact) mass is 712 g/mol. The van der Waals surface area contributed by atoms with Gasteiger partial charge in [0.25, 0.3) is 0 Å². The number of hydrogen-bond donors (Lipinski definition) is 1. The summed E-state index contributed by atoms with van der Waals surface area (Å²) in [5.41, 5.74) is 1.18. The fraction of sp³-hybridized carbons (Fsp3) is 0.190. The standard InChI is InChI=1S/C42H30Cl2N2O5/c43-25-14-16-27(17-15-25)45-38(48)31-20-19-30-33(35(31)40(45)50)22-34-39(49)46(28-11-6-10-26(44)21-28)41(51)42(34,24-8-2-1-3-9-24)36(30)32-18-13-23-7-4-5-12-29(23)37(32)47/h1-19,21,31,33-36,47H,20,22H2. The highest BCUT2D eigenvalue weighted by molar-refractivity contribution is 6.32. The van der Waals surface area contributed by atoms with E-state index >= 15 is 4.79 Å². The number of phenols is 1. The van der Waals surface area contributed by atoms with Gasteiger partial charge in [0.2, 0.25) is 23.6 Å². The number of aromatic hydroxyl groups is 1. The molecule has 252 valence electrons. The lowest BCUT2D eigenvalue weighted by Crippen LogP contribution is -2.53. The molecule has 9 heteroatoms. The van der Waals surface area contributed by atoms with Crippen LogP contribution in [-0.2, 0) is 24.6 Å². The molecular weight excluding hydrogens is 683 g/mol. The van der Waals surface area contributed by atoms with Crippen LogP contribution in [0.1, 0.15) is 29.9 Å². The molecule has 2 heterocycles. The predicted octanol–water partition coefficient (Wildman–Crippen LogP) is 8.22. The number of halogens is 2. The van der Waals surface area contributed by atoms with Gasteiger partial charge in [0.15, 0.2) is 0 Å². The first-order valence-electron chi connectivity index (χ1n) is 16.9. The molecule has 1 saturated carbocycles. The van der Waals surface area contributed by atoms with Gasteiger partial charge in [0, 0.05) is 26.9 Å². The van der Waals surface area contributed by atoms with Gasteiger partial charge in [-0.1, -0.05) is 108 Å². The van der Waals surface area contributed by atoms with E-state index in [1.807, 2.05) is 72.8 Å². The summed E-state index contributed by atoms with van der Waals surface area (Å²) in [5, 5.41) is 14.4. The minimum Gasteiger partial charge on any atom is -0.507 e. The maximum absolute atomic E-state index is 15.4. The third-order valence-corrected chi connectivity index (χ3v) is 12.0. The first-order valence-corrected chi connectivity index (χ1v) is 17.7. The molecule has 2 aliphatic carbocycles. The fourth-order valence-corrected chi connectivity index (χ4v) is 9.75. The molecule has 0 aromatic heterocycles. The Hall–Kier alpha value is -5.24. The van der Waals surface area contributed by atoms with Gasteiger partial charge in [-0.3, -0.25) is 24.1 Å². The zero-order valence-corrected chi connectivity index (χ0v) is 28.6. The molecule has 7 nitrogen and oxygen atoms in total. The average Bonchev–Trinajstić information content (AvgIpc) is 3.53. The summed E-state index contributed by atoms with van der Waals surface area (Å²) >= 11 is 12.6. The van der Waals surface area contributed by atoms with Crippen LogP contribution in [0.3, 0.4) is 0 Å². The molecule has 6 atom stereocenters. The van der Waals surface area contributed by atoms with Crippen LogP contribution in [0.5, 0.6) is 5.75 Å². The molecule has 4 amide bonds. The summed E-state index contributed by atoms with van der Waals surface area (Å²) < 4.78 is 0. The summed E-state index contributed by atoms with van der Waals surface area (Å²) in [7, 11) is 0. The molecule has 2 aliphatic heterocycles. The lowest BCUT2D eigenvalue weighted by Gasteiger charge is -2.50. The largest absolute Gasteiger partial charge is 0.507 e. The van der Waals surface area contributed by atoms with E-state index in [-0.39, 0.29) is 30.4 Å². The fourth-order valence-electron chi connectivity index (χ4n) is 9.44.